The number of rotatable bonds is 7. The van der Waals surface area contributed by atoms with Gasteiger partial charge in [0.25, 0.3) is 0 Å². The summed E-state index contributed by atoms with van der Waals surface area (Å²) in [5.41, 5.74) is 0. The number of anilines is 1. The van der Waals surface area contributed by atoms with E-state index >= 15 is 0 Å². The van der Waals surface area contributed by atoms with Gasteiger partial charge in [0, 0.05) is 19.2 Å². The lowest BCUT2D eigenvalue weighted by molar-refractivity contribution is 0.398. The van der Waals surface area contributed by atoms with Gasteiger partial charge in [-0.15, -0.1) is 11.3 Å². The predicted octanol–water partition coefficient (Wildman–Crippen LogP) is 0.789. The first-order chi connectivity index (χ1) is 10.2. The van der Waals surface area contributed by atoms with Crippen LogP contribution in [-0.2, 0) is 20.0 Å². The summed E-state index contributed by atoms with van der Waals surface area (Å²) in [5, 5.41) is 5.29. The first kappa shape index (κ1) is 16.9. The Hall–Kier alpha value is -1.43. The summed E-state index contributed by atoms with van der Waals surface area (Å²) in [6, 6.07) is 4.57. The minimum absolute atomic E-state index is 0.0841. The summed E-state index contributed by atoms with van der Waals surface area (Å²) in [5.74, 6) is 0.582. The first-order valence-corrected chi connectivity index (χ1v) is 10.4. The Bertz CT molecular complexity index is 824. The van der Waals surface area contributed by atoms with Crippen LogP contribution in [0.3, 0.4) is 0 Å². The molecule has 0 aliphatic rings. The van der Waals surface area contributed by atoms with Crippen LogP contribution in [0.2, 0.25) is 0 Å². The van der Waals surface area contributed by atoms with E-state index in [1.54, 1.807) is 18.4 Å². The molecule has 0 unspecified atom stereocenters. The van der Waals surface area contributed by atoms with E-state index in [1.165, 1.54) is 12.1 Å². The highest BCUT2D eigenvalue weighted by Crippen LogP contribution is 2.17. The van der Waals surface area contributed by atoms with Gasteiger partial charge in [0.05, 0.1) is 6.26 Å². The average Bonchev–Trinajstić information content (AvgIpc) is 3.04. The molecule has 0 aliphatic heterocycles. The van der Waals surface area contributed by atoms with Gasteiger partial charge < -0.3 is 4.52 Å². The Balaban J connectivity index is 2.07. The Kier molecular flexibility index (Phi) is 4.90. The largest absolute Gasteiger partial charge is 0.360 e. The summed E-state index contributed by atoms with van der Waals surface area (Å²) in [6.07, 6.45) is 1.02. The quantitative estimate of drug-likeness (QED) is 0.777. The summed E-state index contributed by atoms with van der Waals surface area (Å²) < 4.78 is 55.9. The normalized spacial score (nSPS) is 12.5. The van der Waals surface area contributed by atoms with Crippen LogP contribution in [0.4, 0.5) is 5.82 Å². The van der Waals surface area contributed by atoms with Crippen LogP contribution in [0, 0.1) is 6.92 Å². The molecule has 0 saturated heterocycles. The number of nitrogens with one attached hydrogen (secondary N) is 1. The van der Waals surface area contributed by atoms with Crippen LogP contribution >= 0.6 is 11.3 Å². The van der Waals surface area contributed by atoms with Crippen LogP contribution in [0.25, 0.3) is 0 Å². The van der Waals surface area contributed by atoms with Crippen molar-refractivity contribution in [1.29, 1.82) is 0 Å². The minimum atomic E-state index is -3.63. The lowest BCUT2D eigenvalue weighted by Crippen LogP contribution is -2.38. The number of hydrogen-bond donors (Lipinski definition) is 1. The van der Waals surface area contributed by atoms with Crippen molar-refractivity contribution < 1.29 is 21.4 Å². The Morgan fingerprint density at radius 3 is 2.59 bits per heavy atom. The molecule has 22 heavy (non-hydrogen) atoms. The van der Waals surface area contributed by atoms with E-state index in [0.29, 0.717) is 5.76 Å². The van der Waals surface area contributed by atoms with E-state index in [2.05, 4.69) is 9.88 Å². The van der Waals surface area contributed by atoms with E-state index in [0.717, 1.165) is 21.9 Å². The molecule has 0 aliphatic carbocycles. The lowest BCUT2D eigenvalue weighted by Gasteiger charge is -2.19. The SMILES string of the molecule is Cc1cc(N(CCNS(=O)(=O)c2cccs2)S(C)(=O)=O)no1. The molecule has 0 spiro atoms. The molecule has 0 fully saturated rings. The monoisotopic (exact) mass is 365 g/mol. The van der Waals surface area contributed by atoms with Gasteiger partial charge in [-0.2, -0.15) is 0 Å². The van der Waals surface area contributed by atoms with Gasteiger partial charge in [-0.25, -0.2) is 25.9 Å². The highest BCUT2D eigenvalue weighted by molar-refractivity contribution is 7.92. The maximum absolute atomic E-state index is 12.0. The molecule has 1 N–H and O–H groups in total. The van der Waals surface area contributed by atoms with Gasteiger partial charge in [-0.3, -0.25) is 0 Å². The van der Waals surface area contributed by atoms with Gasteiger partial charge in [0.2, 0.25) is 20.0 Å². The molecule has 0 aromatic carbocycles. The number of sulfonamides is 2. The molecule has 2 heterocycles. The number of hydrogen-bond acceptors (Lipinski definition) is 7. The topological polar surface area (TPSA) is 110 Å². The molecule has 0 atom stereocenters. The van der Waals surface area contributed by atoms with Crippen molar-refractivity contribution in [2.45, 2.75) is 11.1 Å². The summed E-state index contributed by atoms with van der Waals surface area (Å²) >= 11 is 1.08. The summed E-state index contributed by atoms with van der Waals surface area (Å²) in [6.45, 7) is 1.46. The van der Waals surface area contributed by atoms with Gasteiger partial charge in [-0.05, 0) is 18.4 Å². The summed E-state index contributed by atoms with van der Waals surface area (Å²) in [7, 11) is -7.23. The Labute approximate surface area is 132 Å². The van der Waals surface area contributed by atoms with E-state index < -0.39 is 20.0 Å². The zero-order chi connectivity index (χ0) is 16.4. The Morgan fingerprint density at radius 2 is 2.09 bits per heavy atom. The first-order valence-electron chi connectivity index (χ1n) is 6.14. The lowest BCUT2D eigenvalue weighted by atomic mass is 10.5. The maximum Gasteiger partial charge on any atom is 0.250 e. The molecule has 2 aromatic heterocycles. The number of aromatic nitrogens is 1. The fraction of sp³-hybridized carbons (Fsp3) is 0.364. The van der Waals surface area contributed by atoms with E-state index in [-0.39, 0.29) is 23.1 Å². The maximum atomic E-state index is 12.0. The zero-order valence-corrected chi connectivity index (χ0v) is 14.3. The van der Waals surface area contributed by atoms with Crippen molar-refractivity contribution in [3.63, 3.8) is 0 Å². The molecule has 122 valence electrons. The third kappa shape index (κ3) is 4.06. The van der Waals surface area contributed by atoms with Crippen LogP contribution in [-0.4, -0.2) is 41.3 Å². The van der Waals surface area contributed by atoms with Gasteiger partial charge in [0.1, 0.15) is 9.97 Å². The fourth-order valence-corrected chi connectivity index (χ4v) is 4.60. The van der Waals surface area contributed by atoms with Crippen LogP contribution in [0.1, 0.15) is 5.76 Å². The molecular weight excluding hydrogens is 350 g/mol. The Morgan fingerprint density at radius 1 is 1.36 bits per heavy atom. The van der Waals surface area contributed by atoms with Gasteiger partial charge >= 0.3 is 0 Å². The van der Waals surface area contributed by atoms with Crippen molar-refractivity contribution in [3.05, 3.63) is 29.3 Å². The van der Waals surface area contributed by atoms with Gasteiger partial charge in [-0.1, -0.05) is 11.2 Å². The molecular formula is C11H15N3O5S3. The van der Waals surface area contributed by atoms with Crippen molar-refractivity contribution in [3.8, 4) is 0 Å². The van der Waals surface area contributed by atoms with Crippen LogP contribution in [0.5, 0.6) is 0 Å². The second kappa shape index (κ2) is 6.36. The fourth-order valence-electron chi connectivity index (χ4n) is 1.69. The molecule has 8 nitrogen and oxygen atoms in total. The van der Waals surface area contributed by atoms with Gasteiger partial charge in [0.15, 0.2) is 5.82 Å². The minimum Gasteiger partial charge on any atom is -0.360 e. The molecule has 0 bridgehead atoms. The second-order valence-electron chi connectivity index (χ2n) is 4.46. The van der Waals surface area contributed by atoms with Crippen molar-refractivity contribution in [2.24, 2.45) is 0 Å². The number of thiophene rings is 1. The second-order valence-corrected chi connectivity index (χ2v) is 9.31. The highest BCUT2D eigenvalue weighted by Gasteiger charge is 2.22. The third-order valence-corrected chi connectivity index (χ3v) is 6.67. The van der Waals surface area contributed by atoms with E-state index in [4.69, 9.17) is 4.52 Å². The number of nitrogens with zero attached hydrogens (tertiary/aromatic N) is 2. The molecule has 0 saturated carbocycles. The molecule has 0 radical (unpaired) electrons. The van der Waals surface area contributed by atoms with Crippen molar-refractivity contribution >= 4 is 37.2 Å². The zero-order valence-electron chi connectivity index (χ0n) is 11.9. The standard InChI is InChI=1S/C11H15N3O5S3/c1-9-8-10(13-19-9)14(21(2,15)16)6-5-12-22(17,18)11-4-3-7-20-11/h3-4,7-8,12H,5-6H2,1-2H3. The average molecular weight is 365 g/mol. The number of aryl methyl sites for hydroxylation is 1. The third-order valence-electron chi connectivity index (χ3n) is 2.64. The van der Waals surface area contributed by atoms with E-state index in [1.807, 2.05) is 0 Å². The highest BCUT2D eigenvalue weighted by atomic mass is 32.2. The summed E-state index contributed by atoms with van der Waals surface area (Å²) in [4.78, 5) is 0. The van der Waals surface area contributed by atoms with Crippen LogP contribution < -0.4 is 9.03 Å². The van der Waals surface area contributed by atoms with Crippen molar-refractivity contribution in [1.82, 2.24) is 9.88 Å². The molecule has 2 aromatic rings. The predicted molar refractivity (Wildman–Crippen MR) is 82.9 cm³/mol. The van der Waals surface area contributed by atoms with Crippen LogP contribution in [0.15, 0.2) is 32.3 Å². The smallest absolute Gasteiger partial charge is 0.250 e. The van der Waals surface area contributed by atoms with E-state index in [9.17, 15) is 16.8 Å². The molecule has 11 heteroatoms. The molecule has 2 rings (SSSR count). The van der Waals surface area contributed by atoms with Crippen molar-refractivity contribution in [2.75, 3.05) is 23.7 Å². The molecule has 0 amide bonds.